The highest BCUT2D eigenvalue weighted by Gasteiger charge is 2.41. The van der Waals surface area contributed by atoms with Crippen LogP contribution in [-0.2, 0) is 0 Å². The summed E-state index contributed by atoms with van der Waals surface area (Å²) < 4.78 is 2.39. The summed E-state index contributed by atoms with van der Waals surface area (Å²) in [6.45, 7) is 0. The van der Waals surface area contributed by atoms with Gasteiger partial charge in [0.15, 0.2) is 8.07 Å². The highest BCUT2D eigenvalue weighted by atomic mass is 28.3. The van der Waals surface area contributed by atoms with Crippen molar-refractivity contribution in [1.29, 1.82) is 0 Å². The van der Waals surface area contributed by atoms with Crippen LogP contribution in [0.3, 0.4) is 0 Å². The Bertz CT molecular complexity index is 3930. The van der Waals surface area contributed by atoms with Gasteiger partial charge in [-0.2, -0.15) is 0 Å². The number of aromatic nitrogens is 1. The molecule has 12 aromatic carbocycles. The number of rotatable bonds is 11. The van der Waals surface area contributed by atoms with Gasteiger partial charge >= 0.3 is 0 Å². The lowest BCUT2D eigenvalue weighted by Crippen LogP contribution is -2.74. The summed E-state index contributed by atoms with van der Waals surface area (Å²) in [6, 6.07) is 112. The predicted molar refractivity (Wildman–Crippen MR) is 313 cm³/mol. The van der Waals surface area contributed by atoms with E-state index < -0.39 is 8.07 Å². The SMILES string of the molecule is c1ccc(-c2cccc3c(N(c4ccc(-c5ccc(-c6cccc7c6c6ccccc6n7-c6ccccc6)cc5)cc4)c4ccc([Si](c5ccccc5)(c5ccccc5)c5ccccc5)cc4)cccc23)cc1. The molecule has 0 amide bonds. The van der Waals surface area contributed by atoms with E-state index in [0.29, 0.717) is 0 Å². The van der Waals surface area contributed by atoms with Gasteiger partial charge in [-0.3, -0.25) is 0 Å². The van der Waals surface area contributed by atoms with E-state index in [1.54, 1.807) is 0 Å². The Hall–Kier alpha value is -9.28. The van der Waals surface area contributed by atoms with Gasteiger partial charge in [-0.05, 0) is 114 Å². The molecule has 1 aromatic heterocycles. The lowest BCUT2D eigenvalue weighted by molar-refractivity contribution is 1.18. The van der Waals surface area contributed by atoms with E-state index in [9.17, 15) is 0 Å². The lowest BCUT2D eigenvalue weighted by Gasteiger charge is -2.35. The van der Waals surface area contributed by atoms with Crippen LogP contribution in [0, 0.1) is 0 Å². The van der Waals surface area contributed by atoms with Crippen LogP contribution in [0.5, 0.6) is 0 Å². The second-order valence-corrected chi connectivity index (χ2v) is 22.6. The van der Waals surface area contributed by atoms with E-state index in [1.165, 1.54) is 81.1 Å². The third kappa shape index (κ3) is 7.66. The fourth-order valence-electron chi connectivity index (χ4n) is 11.5. The Morgan fingerprint density at radius 1 is 0.260 bits per heavy atom. The summed E-state index contributed by atoms with van der Waals surface area (Å²) in [5.41, 5.74) is 14.1. The molecule has 13 aromatic rings. The fourth-order valence-corrected chi connectivity index (χ4v) is 16.2. The number of fused-ring (bicyclic) bond motifs is 4. The molecule has 73 heavy (non-hydrogen) atoms. The van der Waals surface area contributed by atoms with Crippen molar-refractivity contribution >= 4 is 78.5 Å². The summed E-state index contributed by atoms with van der Waals surface area (Å²) in [4.78, 5) is 2.44. The average molecular weight is 947 g/mol. The Balaban J connectivity index is 0.918. The first-order valence-electron chi connectivity index (χ1n) is 25.2. The molecule has 0 radical (unpaired) electrons. The molecule has 2 nitrogen and oxygen atoms in total. The maximum Gasteiger partial charge on any atom is 0.179 e. The molecule has 0 unspecified atom stereocenters. The maximum atomic E-state index is 2.44. The van der Waals surface area contributed by atoms with Crippen molar-refractivity contribution in [2.75, 3.05) is 4.90 Å². The van der Waals surface area contributed by atoms with Crippen molar-refractivity contribution in [3.63, 3.8) is 0 Å². The number of hydrogen-bond donors (Lipinski definition) is 0. The van der Waals surface area contributed by atoms with Gasteiger partial charge in [-0.1, -0.05) is 249 Å². The molecule has 0 atom stereocenters. The first-order chi connectivity index (χ1) is 36.2. The molecular weight excluding hydrogens is 897 g/mol. The van der Waals surface area contributed by atoms with Gasteiger partial charge in [0.2, 0.25) is 0 Å². The molecule has 0 N–H and O–H groups in total. The van der Waals surface area contributed by atoms with Crippen molar-refractivity contribution < 1.29 is 0 Å². The van der Waals surface area contributed by atoms with Crippen molar-refractivity contribution in [2.24, 2.45) is 0 Å². The van der Waals surface area contributed by atoms with Gasteiger partial charge in [-0.25, -0.2) is 0 Å². The maximum absolute atomic E-state index is 2.73. The minimum absolute atomic E-state index is 1.09. The zero-order valence-electron chi connectivity index (χ0n) is 40.3. The van der Waals surface area contributed by atoms with Crippen LogP contribution in [0.2, 0.25) is 0 Å². The molecule has 0 bridgehead atoms. The first-order valence-corrected chi connectivity index (χ1v) is 27.2. The van der Waals surface area contributed by atoms with Gasteiger partial charge in [0.25, 0.3) is 0 Å². The molecule has 3 heteroatoms. The largest absolute Gasteiger partial charge is 0.310 e. The Kier molecular flexibility index (Phi) is 11.3. The van der Waals surface area contributed by atoms with Crippen molar-refractivity contribution in [3.05, 3.63) is 303 Å². The van der Waals surface area contributed by atoms with Crippen LogP contribution in [0.4, 0.5) is 17.1 Å². The number of para-hydroxylation sites is 2. The lowest BCUT2D eigenvalue weighted by atomic mass is 9.96. The predicted octanol–water partition coefficient (Wildman–Crippen LogP) is 15.8. The van der Waals surface area contributed by atoms with Crippen molar-refractivity contribution in [3.8, 4) is 39.1 Å². The molecule has 1 heterocycles. The number of benzene rings is 12. The van der Waals surface area contributed by atoms with E-state index in [0.717, 1.165) is 28.3 Å². The van der Waals surface area contributed by atoms with Crippen LogP contribution in [-0.4, -0.2) is 12.6 Å². The van der Waals surface area contributed by atoms with Gasteiger partial charge < -0.3 is 9.47 Å². The Labute approximate surface area is 428 Å². The molecule has 0 aliphatic carbocycles. The molecule has 13 rings (SSSR count). The monoisotopic (exact) mass is 946 g/mol. The zero-order chi connectivity index (χ0) is 48.6. The summed E-state index contributed by atoms with van der Waals surface area (Å²) >= 11 is 0. The zero-order valence-corrected chi connectivity index (χ0v) is 41.3. The van der Waals surface area contributed by atoms with Crippen molar-refractivity contribution in [2.45, 2.75) is 0 Å². The fraction of sp³-hybridized carbons (Fsp3) is 0. The van der Waals surface area contributed by atoms with Crippen LogP contribution < -0.4 is 25.6 Å². The quantitative estimate of drug-likeness (QED) is 0.0926. The van der Waals surface area contributed by atoms with Crippen LogP contribution >= 0.6 is 0 Å². The Morgan fingerprint density at radius 2 is 0.671 bits per heavy atom. The molecule has 344 valence electrons. The standard InChI is InChI=1S/C70H50N2Si/c1-6-21-53(22-7-1)62-32-18-35-65-64(62)34-20-37-67(65)71(57-47-49-61(50-48-57)73(58-25-10-3-11-26-58,59-27-12-4-13-28-59)60-29-14-5-15-30-60)56-45-43-52(44-46-56)51-39-41-54(42-40-51)63-33-19-38-69-70(63)66-31-16-17-36-68(66)72(69)55-23-8-2-9-24-55/h1-50H. The normalized spacial score (nSPS) is 11.6. The smallest absolute Gasteiger partial charge is 0.179 e. The highest BCUT2D eigenvalue weighted by Crippen LogP contribution is 2.43. The van der Waals surface area contributed by atoms with Gasteiger partial charge in [0.05, 0.1) is 16.7 Å². The third-order valence-electron chi connectivity index (χ3n) is 14.8. The minimum atomic E-state index is -2.73. The second-order valence-electron chi connectivity index (χ2n) is 18.8. The summed E-state index contributed by atoms with van der Waals surface area (Å²) in [5, 5.41) is 10.3. The second kappa shape index (κ2) is 18.8. The van der Waals surface area contributed by atoms with E-state index >= 15 is 0 Å². The summed E-state index contributed by atoms with van der Waals surface area (Å²) in [5.74, 6) is 0. The minimum Gasteiger partial charge on any atom is -0.310 e. The number of hydrogen-bond acceptors (Lipinski definition) is 1. The topological polar surface area (TPSA) is 8.17 Å². The first kappa shape index (κ1) is 43.7. The van der Waals surface area contributed by atoms with Gasteiger partial charge in [-0.15, -0.1) is 0 Å². The number of nitrogens with zero attached hydrogens (tertiary/aromatic N) is 2. The number of anilines is 3. The van der Waals surface area contributed by atoms with Crippen molar-refractivity contribution in [1.82, 2.24) is 4.57 Å². The summed E-state index contributed by atoms with van der Waals surface area (Å²) in [7, 11) is -2.73. The van der Waals surface area contributed by atoms with E-state index in [4.69, 9.17) is 0 Å². The molecule has 0 fully saturated rings. The summed E-state index contributed by atoms with van der Waals surface area (Å²) in [6.07, 6.45) is 0. The molecule has 0 aliphatic rings. The highest BCUT2D eigenvalue weighted by molar-refractivity contribution is 7.19. The molecular formula is C70H50N2Si. The van der Waals surface area contributed by atoms with E-state index in [-0.39, 0.29) is 0 Å². The van der Waals surface area contributed by atoms with Crippen LogP contribution in [0.15, 0.2) is 303 Å². The molecule has 0 saturated carbocycles. The molecule has 0 saturated heterocycles. The van der Waals surface area contributed by atoms with Gasteiger partial charge in [0.1, 0.15) is 0 Å². The van der Waals surface area contributed by atoms with E-state index in [1.807, 2.05) is 0 Å². The molecule has 0 aliphatic heterocycles. The third-order valence-corrected chi connectivity index (χ3v) is 19.6. The van der Waals surface area contributed by atoms with Gasteiger partial charge in [0, 0.05) is 33.2 Å². The van der Waals surface area contributed by atoms with Crippen LogP contribution in [0.1, 0.15) is 0 Å². The molecule has 0 spiro atoms. The average Bonchev–Trinajstić information content (AvgIpc) is 3.82. The Morgan fingerprint density at radius 3 is 1.29 bits per heavy atom. The van der Waals surface area contributed by atoms with Crippen LogP contribution in [0.25, 0.3) is 71.6 Å². The van der Waals surface area contributed by atoms with E-state index in [2.05, 4.69) is 313 Å².